The maximum Gasteiger partial charge on any atom is 0.173 e. The van der Waals surface area contributed by atoms with Crippen LogP contribution >= 0.6 is 23.4 Å². The van der Waals surface area contributed by atoms with E-state index in [1.807, 2.05) is 0 Å². The SMILES string of the molecule is O=Cc1ccc(OC2CCCC2)c(Cc2c(F)cccc2Cl)c1O[C@@H]1S[C@H](CO)[C@@H](O)[C@H](O)[C@H]1O. The number of hydrogen-bond donors (Lipinski definition) is 4. The minimum absolute atomic E-state index is 0.0369. The number of rotatable bonds is 8. The molecule has 2 aliphatic rings. The van der Waals surface area contributed by atoms with Crippen molar-refractivity contribution >= 4 is 29.6 Å². The van der Waals surface area contributed by atoms with Crippen molar-refractivity contribution in [3.8, 4) is 11.5 Å². The average molecular weight is 527 g/mol. The molecule has 2 aromatic carbocycles. The van der Waals surface area contributed by atoms with Gasteiger partial charge in [0, 0.05) is 22.6 Å². The summed E-state index contributed by atoms with van der Waals surface area (Å²) in [5, 5.41) is 40.0. The predicted octanol–water partition coefficient (Wildman–Crippen LogP) is 3.10. The van der Waals surface area contributed by atoms with Crippen LogP contribution in [0, 0.1) is 5.82 Å². The van der Waals surface area contributed by atoms with Gasteiger partial charge in [0.15, 0.2) is 11.7 Å². The standard InChI is InChI=1S/C25H28ClFO7S/c26-17-6-3-7-18(27)15(17)10-16-19(33-14-4-1-2-5-14)9-8-13(11-28)24(16)34-25-23(32)22(31)21(30)20(12-29)35-25/h3,6-9,11,14,20-23,25,29-32H,1-2,4-5,10,12H2/t20-,21-,22+,23-,25-/m1/s1. The number of hydrogen-bond acceptors (Lipinski definition) is 8. The molecule has 4 N–H and O–H groups in total. The molecule has 190 valence electrons. The van der Waals surface area contributed by atoms with E-state index in [1.54, 1.807) is 12.1 Å². The van der Waals surface area contributed by atoms with E-state index in [0.717, 1.165) is 37.4 Å². The lowest BCUT2D eigenvalue weighted by Gasteiger charge is -2.39. The summed E-state index contributed by atoms with van der Waals surface area (Å²) in [7, 11) is 0. The van der Waals surface area contributed by atoms with Gasteiger partial charge in [-0.25, -0.2) is 4.39 Å². The largest absolute Gasteiger partial charge is 0.490 e. The second-order valence-corrected chi connectivity index (χ2v) is 10.5. The molecule has 35 heavy (non-hydrogen) atoms. The van der Waals surface area contributed by atoms with Gasteiger partial charge in [-0.1, -0.05) is 17.7 Å². The van der Waals surface area contributed by atoms with Gasteiger partial charge in [0.05, 0.1) is 29.6 Å². The fourth-order valence-corrected chi connectivity index (χ4v) is 5.94. The minimum atomic E-state index is -1.57. The number of halogens is 2. The van der Waals surface area contributed by atoms with Crippen LogP contribution in [0.5, 0.6) is 11.5 Å². The molecule has 0 unspecified atom stereocenters. The maximum atomic E-state index is 14.7. The van der Waals surface area contributed by atoms with Gasteiger partial charge in [-0.3, -0.25) is 4.79 Å². The fourth-order valence-electron chi connectivity index (χ4n) is 4.48. The Balaban J connectivity index is 1.77. The second kappa shape index (κ2) is 11.5. The first-order chi connectivity index (χ1) is 16.8. The highest BCUT2D eigenvalue weighted by molar-refractivity contribution is 8.00. The Labute approximate surface area is 211 Å². The van der Waals surface area contributed by atoms with Crippen molar-refractivity contribution in [3.05, 3.63) is 57.9 Å². The molecule has 1 aliphatic carbocycles. The van der Waals surface area contributed by atoms with E-state index < -0.39 is 41.4 Å². The highest BCUT2D eigenvalue weighted by Gasteiger charge is 2.45. The summed E-state index contributed by atoms with van der Waals surface area (Å²) in [5.74, 6) is -0.0594. The second-order valence-electron chi connectivity index (χ2n) is 8.79. The van der Waals surface area contributed by atoms with Gasteiger partial charge in [-0.05, 0) is 49.9 Å². The topological polar surface area (TPSA) is 116 Å². The monoisotopic (exact) mass is 526 g/mol. The summed E-state index contributed by atoms with van der Waals surface area (Å²) in [4.78, 5) is 12.0. The van der Waals surface area contributed by atoms with E-state index >= 15 is 0 Å². The normalized spacial score (nSPS) is 27.1. The highest BCUT2D eigenvalue weighted by atomic mass is 35.5. The van der Waals surface area contributed by atoms with E-state index in [4.69, 9.17) is 21.1 Å². The summed E-state index contributed by atoms with van der Waals surface area (Å²) < 4.78 is 27.0. The molecular formula is C25H28ClFO7S. The molecule has 0 radical (unpaired) electrons. The zero-order valence-electron chi connectivity index (χ0n) is 18.8. The van der Waals surface area contributed by atoms with Gasteiger partial charge < -0.3 is 29.9 Å². The van der Waals surface area contributed by atoms with Crippen molar-refractivity contribution in [2.24, 2.45) is 0 Å². The Morgan fingerprint density at radius 1 is 1.03 bits per heavy atom. The molecule has 0 bridgehead atoms. The molecular weight excluding hydrogens is 499 g/mol. The van der Waals surface area contributed by atoms with E-state index in [0.29, 0.717) is 17.6 Å². The lowest BCUT2D eigenvalue weighted by molar-refractivity contribution is -0.0910. The third-order valence-corrected chi connectivity index (χ3v) is 8.24. The van der Waals surface area contributed by atoms with Gasteiger partial charge in [-0.15, -0.1) is 11.8 Å². The van der Waals surface area contributed by atoms with E-state index in [9.17, 15) is 29.6 Å². The summed E-state index contributed by atoms with van der Waals surface area (Å²) in [6.45, 7) is -0.460. The van der Waals surface area contributed by atoms with Crippen molar-refractivity contribution in [2.75, 3.05) is 6.61 Å². The summed E-state index contributed by atoms with van der Waals surface area (Å²) >= 11 is 7.23. The molecule has 1 saturated carbocycles. The van der Waals surface area contributed by atoms with Crippen molar-refractivity contribution in [1.82, 2.24) is 0 Å². The predicted molar refractivity (Wildman–Crippen MR) is 130 cm³/mol. The fraction of sp³-hybridized carbons (Fsp3) is 0.480. The zero-order chi connectivity index (χ0) is 25.1. The van der Waals surface area contributed by atoms with Crippen molar-refractivity contribution < 1.29 is 39.1 Å². The Bertz CT molecular complexity index is 1030. The van der Waals surface area contributed by atoms with Crippen LogP contribution in [-0.2, 0) is 6.42 Å². The Morgan fingerprint density at radius 2 is 1.77 bits per heavy atom. The zero-order valence-corrected chi connectivity index (χ0v) is 20.4. The smallest absolute Gasteiger partial charge is 0.173 e. The van der Waals surface area contributed by atoms with Crippen LogP contribution in [-0.4, -0.2) is 68.4 Å². The molecule has 5 atom stereocenters. The van der Waals surface area contributed by atoms with E-state index in [-0.39, 0.29) is 34.4 Å². The first-order valence-corrected chi connectivity index (χ1v) is 12.8. The Morgan fingerprint density at radius 3 is 2.43 bits per heavy atom. The lowest BCUT2D eigenvalue weighted by atomic mass is 9.99. The third-order valence-electron chi connectivity index (χ3n) is 6.47. The molecule has 2 fully saturated rings. The highest BCUT2D eigenvalue weighted by Crippen LogP contribution is 2.41. The molecule has 0 spiro atoms. The van der Waals surface area contributed by atoms with Gasteiger partial charge in [0.2, 0.25) is 0 Å². The first-order valence-electron chi connectivity index (χ1n) is 11.5. The van der Waals surface area contributed by atoms with Crippen LogP contribution in [0.4, 0.5) is 4.39 Å². The number of aliphatic hydroxyl groups is 4. The molecule has 1 aliphatic heterocycles. The van der Waals surface area contributed by atoms with Crippen molar-refractivity contribution in [3.63, 3.8) is 0 Å². The van der Waals surface area contributed by atoms with Gasteiger partial charge in [-0.2, -0.15) is 0 Å². The Hall–Kier alpha value is -1.88. The molecule has 2 aromatic rings. The van der Waals surface area contributed by atoms with E-state index in [2.05, 4.69) is 0 Å². The van der Waals surface area contributed by atoms with Gasteiger partial charge in [0.1, 0.15) is 29.5 Å². The molecule has 4 rings (SSSR count). The maximum absolute atomic E-state index is 14.7. The average Bonchev–Trinajstić information content (AvgIpc) is 3.36. The van der Waals surface area contributed by atoms with Gasteiger partial charge in [0.25, 0.3) is 0 Å². The van der Waals surface area contributed by atoms with Crippen LogP contribution in [0.3, 0.4) is 0 Å². The molecule has 0 amide bonds. The number of thioether (sulfide) groups is 1. The van der Waals surface area contributed by atoms with Crippen molar-refractivity contribution in [1.29, 1.82) is 0 Å². The van der Waals surface area contributed by atoms with Crippen LogP contribution < -0.4 is 9.47 Å². The van der Waals surface area contributed by atoms with Crippen LogP contribution in [0.25, 0.3) is 0 Å². The van der Waals surface area contributed by atoms with E-state index in [1.165, 1.54) is 18.2 Å². The first kappa shape index (κ1) is 26.2. The summed E-state index contributed by atoms with van der Waals surface area (Å²) in [5.41, 5.74) is -0.414. The quantitative estimate of drug-likeness (QED) is 0.388. The number of benzene rings is 2. The minimum Gasteiger partial charge on any atom is -0.490 e. The molecule has 0 aromatic heterocycles. The Kier molecular flexibility index (Phi) is 8.57. The van der Waals surface area contributed by atoms with Crippen LogP contribution in [0.15, 0.2) is 30.3 Å². The van der Waals surface area contributed by atoms with Crippen molar-refractivity contribution in [2.45, 2.75) is 67.2 Å². The summed E-state index contributed by atoms with van der Waals surface area (Å²) in [6.07, 6.45) is -0.157. The molecule has 1 saturated heterocycles. The number of carbonyl (C=O) groups excluding carboxylic acids is 1. The molecule has 1 heterocycles. The van der Waals surface area contributed by atoms with Gasteiger partial charge >= 0.3 is 0 Å². The van der Waals surface area contributed by atoms with Crippen LogP contribution in [0.1, 0.15) is 47.2 Å². The molecule has 10 heteroatoms. The number of carbonyl (C=O) groups is 1. The van der Waals surface area contributed by atoms with Crippen LogP contribution in [0.2, 0.25) is 5.02 Å². The summed E-state index contributed by atoms with van der Waals surface area (Å²) in [6, 6.07) is 7.50. The number of ether oxygens (including phenoxy) is 2. The molecule has 7 nitrogen and oxygen atoms in total. The third kappa shape index (κ3) is 5.60. The lowest BCUT2D eigenvalue weighted by Crippen LogP contribution is -2.55. The number of aliphatic hydroxyl groups excluding tert-OH is 4. The number of aldehydes is 1.